The summed E-state index contributed by atoms with van der Waals surface area (Å²) in [5.74, 6) is 1.14. The van der Waals surface area contributed by atoms with Gasteiger partial charge in [0, 0.05) is 37.6 Å². The molecule has 2 heterocycles. The molecule has 8 heteroatoms. The van der Waals surface area contributed by atoms with Crippen molar-refractivity contribution < 1.29 is 28.6 Å². The maximum Gasteiger partial charge on any atom is 0.309 e. The summed E-state index contributed by atoms with van der Waals surface area (Å²) in [6.07, 6.45) is 34.9. The molecular formula is C45H68N2O6. The maximum absolute atomic E-state index is 13.2. The van der Waals surface area contributed by atoms with Crippen LogP contribution in [0, 0.1) is 35.0 Å². The van der Waals surface area contributed by atoms with Crippen LogP contribution in [0.15, 0.2) is 48.8 Å². The van der Waals surface area contributed by atoms with E-state index in [1.54, 1.807) is 12.4 Å². The molecule has 4 aliphatic carbocycles. The lowest BCUT2D eigenvalue weighted by Crippen LogP contribution is -2.47. The number of pyridine rings is 1. The number of unbranched alkanes of at least 4 members (excludes halogenated alkanes) is 8. The third kappa shape index (κ3) is 14.2. The van der Waals surface area contributed by atoms with Crippen LogP contribution < -0.4 is 4.90 Å². The van der Waals surface area contributed by atoms with Gasteiger partial charge in [0.1, 0.15) is 19.8 Å². The van der Waals surface area contributed by atoms with Crippen LogP contribution in [-0.4, -0.2) is 55.8 Å². The molecule has 1 aliphatic heterocycles. The van der Waals surface area contributed by atoms with Crippen molar-refractivity contribution in [1.82, 2.24) is 4.98 Å². The van der Waals surface area contributed by atoms with Crippen LogP contribution in [0.2, 0.25) is 0 Å². The fraction of sp³-hybridized carbons (Fsp3) is 0.733. The number of allylic oxidation sites excluding steroid dienone is 4. The van der Waals surface area contributed by atoms with Crippen LogP contribution in [0.3, 0.4) is 0 Å². The highest BCUT2D eigenvalue weighted by molar-refractivity contribution is 5.73. The quantitative estimate of drug-likeness (QED) is 0.0449. The number of piperidine rings is 1. The van der Waals surface area contributed by atoms with E-state index in [1.165, 1.54) is 51.4 Å². The number of hydrogen-bond donors (Lipinski definition) is 0. The summed E-state index contributed by atoms with van der Waals surface area (Å²) >= 11 is 0. The first kappa shape index (κ1) is 41.0. The Morgan fingerprint density at radius 1 is 0.755 bits per heavy atom. The first-order valence-electron chi connectivity index (χ1n) is 21.3. The molecule has 0 aromatic carbocycles. The normalized spacial score (nSPS) is 24.5. The zero-order valence-electron chi connectivity index (χ0n) is 32.7. The van der Waals surface area contributed by atoms with E-state index in [0.717, 1.165) is 94.3 Å². The van der Waals surface area contributed by atoms with Crippen molar-refractivity contribution in [2.75, 3.05) is 37.8 Å². The van der Waals surface area contributed by atoms with Gasteiger partial charge in [0.15, 0.2) is 0 Å². The van der Waals surface area contributed by atoms with Gasteiger partial charge < -0.3 is 19.1 Å². The maximum atomic E-state index is 13.2. The predicted octanol–water partition coefficient (Wildman–Crippen LogP) is 9.96. The van der Waals surface area contributed by atoms with Gasteiger partial charge in [-0.15, -0.1) is 0 Å². The lowest BCUT2D eigenvalue weighted by Gasteiger charge is -2.56. The van der Waals surface area contributed by atoms with Crippen LogP contribution in [0.1, 0.15) is 142 Å². The molecule has 0 radical (unpaired) electrons. The van der Waals surface area contributed by atoms with Gasteiger partial charge in [0.25, 0.3) is 0 Å². The number of carbonyl (C=O) groups excluding carboxylic acids is 3. The molecule has 0 N–H and O–H groups in total. The van der Waals surface area contributed by atoms with Crippen LogP contribution in [0.4, 0.5) is 5.69 Å². The zero-order chi connectivity index (χ0) is 37.1. The Kier molecular flexibility index (Phi) is 17.2. The zero-order valence-corrected chi connectivity index (χ0v) is 32.7. The average Bonchev–Trinajstić information content (AvgIpc) is 3.15. The summed E-state index contributed by atoms with van der Waals surface area (Å²) in [4.78, 5) is 45.4. The molecule has 53 heavy (non-hydrogen) atoms. The van der Waals surface area contributed by atoms with Gasteiger partial charge >= 0.3 is 17.9 Å². The molecule has 1 aromatic heterocycles. The van der Waals surface area contributed by atoms with Gasteiger partial charge in [-0.25, -0.2) is 0 Å². The Labute approximate surface area is 319 Å². The van der Waals surface area contributed by atoms with E-state index in [-0.39, 0.29) is 55.0 Å². The number of rotatable bonds is 24. The number of esters is 3. The monoisotopic (exact) mass is 733 g/mol. The van der Waals surface area contributed by atoms with E-state index in [0.29, 0.717) is 25.7 Å². The Hall–Kier alpha value is -3.16. The Morgan fingerprint density at radius 2 is 1.32 bits per heavy atom. The molecule has 1 saturated heterocycles. The number of carbonyl (C=O) groups is 3. The van der Waals surface area contributed by atoms with E-state index >= 15 is 0 Å². The van der Waals surface area contributed by atoms with Crippen molar-refractivity contribution in [3.8, 4) is 0 Å². The second-order valence-corrected chi connectivity index (χ2v) is 16.9. The van der Waals surface area contributed by atoms with Gasteiger partial charge in [-0.3, -0.25) is 19.4 Å². The SMILES string of the molecule is CCCCC/C=C\C/C=C\CCCCCCCC(=O)OCC(COC(=O)CC12CC3CC(CC(C3)C1)C2)COC(=O)C1CCN(c2ccncc2)CC1. The minimum absolute atomic E-state index is 0.0744. The van der Waals surface area contributed by atoms with Crippen molar-refractivity contribution in [2.24, 2.45) is 35.0 Å². The molecule has 294 valence electrons. The molecule has 5 fully saturated rings. The lowest BCUT2D eigenvalue weighted by atomic mass is 9.49. The Morgan fingerprint density at radius 3 is 1.96 bits per heavy atom. The third-order valence-corrected chi connectivity index (χ3v) is 12.3. The van der Waals surface area contributed by atoms with Crippen molar-refractivity contribution in [2.45, 2.75) is 142 Å². The molecule has 4 saturated carbocycles. The van der Waals surface area contributed by atoms with E-state index in [4.69, 9.17) is 14.2 Å². The smallest absolute Gasteiger partial charge is 0.309 e. The van der Waals surface area contributed by atoms with Crippen LogP contribution in [0.25, 0.3) is 0 Å². The van der Waals surface area contributed by atoms with E-state index in [2.05, 4.69) is 41.1 Å². The molecule has 0 spiro atoms. The number of ether oxygens (including phenoxy) is 3. The Balaban J connectivity index is 0.988. The molecule has 5 aliphatic rings. The molecule has 1 unspecified atom stereocenters. The summed E-state index contributed by atoms with van der Waals surface area (Å²) < 4.78 is 17.4. The number of nitrogens with zero attached hydrogens (tertiary/aromatic N) is 2. The minimum Gasteiger partial charge on any atom is -0.465 e. The molecule has 1 aromatic rings. The first-order valence-corrected chi connectivity index (χ1v) is 21.3. The summed E-state index contributed by atoms with van der Waals surface area (Å²) in [5, 5.41) is 0. The molecule has 1 atom stereocenters. The van der Waals surface area contributed by atoms with Crippen LogP contribution >= 0.6 is 0 Å². The van der Waals surface area contributed by atoms with E-state index in [1.807, 2.05) is 12.1 Å². The number of anilines is 1. The van der Waals surface area contributed by atoms with E-state index < -0.39 is 0 Å². The second kappa shape index (κ2) is 22.3. The summed E-state index contributed by atoms with van der Waals surface area (Å²) in [6, 6.07) is 3.98. The number of aromatic nitrogens is 1. The lowest BCUT2D eigenvalue weighted by molar-refractivity contribution is -0.158. The Bertz CT molecular complexity index is 1270. The highest BCUT2D eigenvalue weighted by atomic mass is 16.6. The highest BCUT2D eigenvalue weighted by Crippen LogP contribution is 2.61. The van der Waals surface area contributed by atoms with Crippen molar-refractivity contribution in [3.63, 3.8) is 0 Å². The number of hydrogen-bond acceptors (Lipinski definition) is 8. The fourth-order valence-corrected chi connectivity index (χ4v) is 9.83. The third-order valence-electron chi connectivity index (χ3n) is 12.3. The molecule has 6 rings (SSSR count). The summed E-state index contributed by atoms with van der Waals surface area (Å²) in [6.45, 7) is 4.04. The van der Waals surface area contributed by atoms with Gasteiger partial charge in [0.05, 0.1) is 18.3 Å². The summed E-state index contributed by atoms with van der Waals surface area (Å²) in [7, 11) is 0. The van der Waals surface area contributed by atoms with Gasteiger partial charge in [-0.1, -0.05) is 63.3 Å². The van der Waals surface area contributed by atoms with Crippen molar-refractivity contribution in [1.29, 1.82) is 0 Å². The topological polar surface area (TPSA) is 95.0 Å². The largest absolute Gasteiger partial charge is 0.465 e. The molecule has 4 bridgehead atoms. The predicted molar refractivity (Wildman–Crippen MR) is 210 cm³/mol. The first-order chi connectivity index (χ1) is 25.9. The average molecular weight is 733 g/mol. The minimum atomic E-state index is -0.385. The van der Waals surface area contributed by atoms with Crippen LogP contribution in [-0.2, 0) is 28.6 Å². The standard InChI is InChI=1S/C45H68N2O6/c1-2-3-4-5-6-7-8-9-10-11-12-13-14-15-16-17-42(48)51-33-39(34-52-43(49)32-45-29-36-26-37(30-45)28-38(27-36)31-45)35-53-44(50)40-20-24-47(25-21-40)41-18-22-46-23-19-41/h6-7,9-10,18-19,22-23,36-40H,2-5,8,11-17,20-21,24-35H2,1H3/b7-6-,10-9-. The van der Waals surface area contributed by atoms with Gasteiger partial charge in [0.2, 0.25) is 0 Å². The molecule has 0 amide bonds. The van der Waals surface area contributed by atoms with E-state index in [9.17, 15) is 14.4 Å². The van der Waals surface area contributed by atoms with Gasteiger partial charge in [-0.2, -0.15) is 0 Å². The molecule has 8 nitrogen and oxygen atoms in total. The second-order valence-electron chi connectivity index (χ2n) is 16.9. The highest BCUT2D eigenvalue weighted by Gasteiger charge is 2.51. The summed E-state index contributed by atoms with van der Waals surface area (Å²) in [5.41, 5.74) is 1.22. The van der Waals surface area contributed by atoms with Crippen molar-refractivity contribution in [3.05, 3.63) is 48.8 Å². The van der Waals surface area contributed by atoms with Gasteiger partial charge in [-0.05, 0) is 125 Å². The van der Waals surface area contributed by atoms with Crippen LogP contribution in [0.5, 0.6) is 0 Å². The molecular weight excluding hydrogens is 665 g/mol. The fourth-order valence-electron chi connectivity index (χ4n) is 9.83. The van der Waals surface area contributed by atoms with Crippen molar-refractivity contribution >= 4 is 23.6 Å².